The number of aliphatic hydroxyl groups is 1. The van der Waals surface area contributed by atoms with Crippen molar-refractivity contribution in [3.8, 4) is 0 Å². The fraction of sp³-hybridized carbons (Fsp3) is 0.571. The summed E-state index contributed by atoms with van der Waals surface area (Å²) in [5, 5.41) is 13.4. The molecule has 0 aliphatic heterocycles. The molecule has 94 valence electrons. The van der Waals surface area contributed by atoms with Gasteiger partial charge in [-0.3, -0.25) is 0 Å². The Morgan fingerprint density at radius 3 is 2.71 bits per heavy atom. The van der Waals surface area contributed by atoms with Crippen LogP contribution in [0.25, 0.3) is 0 Å². The number of rotatable bonds is 3. The summed E-state index contributed by atoms with van der Waals surface area (Å²) < 4.78 is 0. The third-order valence-electron chi connectivity index (χ3n) is 3.44. The standard InChI is InChI=1S/C14H22N2O/c1-16(2)12-7-5-6-11(10-12)15-13-8-3-4-9-14(13)17/h5-7,10,13-15,17H,3-4,8-9H2,1-2H3/t13-,14-/m1/s1. The minimum Gasteiger partial charge on any atom is -0.391 e. The number of hydrogen-bond donors (Lipinski definition) is 2. The van der Waals surface area contributed by atoms with E-state index in [0.29, 0.717) is 0 Å². The van der Waals surface area contributed by atoms with Crippen molar-refractivity contribution >= 4 is 11.4 Å². The van der Waals surface area contributed by atoms with Gasteiger partial charge in [0.1, 0.15) is 0 Å². The van der Waals surface area contributed by atoms with E-state index in [1.54, 1.807) is 0 Å². The molecule has 0 spiro atoms. The molecule has 3 heteroatoms. The van der Waals surface area contributed by atoms with Crippen LogP contribution in [0.4, 0.5) is 11.4 Å². The Hall–Kier alpha value is -1.22. The fourth-order valence-corrected chi connectivity index (χ4v) is 2.37. The smallest absolute Gasteiger partial charge is 0.0741 e. The normalized spacial score (nSPS) is 24.4. The third-order valence-corrected chi connectivity index (χ3v) is 3.44. The van der Waals surface area contributed by atoms with Crippen LogP contribution in [0, 0.1) is 0 Å². The summed E-state index contributed by atoms with van der Waals surface area (Å²) in [6.45, 7) is 0. The van der Waals surface area contributed by atoms with Gasteiger partial charge in [0.15, 0.2) is 0 Å². The van der Waals surface area contributed by atoms with Crippen molar-refractivity contribution in [2.45, 2.75) is 37.8 Å². The highest BCUT2D eigenvalue weighted by molar-refractivity contribution is 5.57. The quantitative estimate of drug-likeness (QED) is 0.843. The molecule has 2 N–H and O–H groups in total. The van der Waals surface area contributed by atoms with Crippen molar-refractivity contribution in [1.82, 2.24) is 0 Å². The Labute approximate surface area is 103 Å². The molecule has 1 fully saturated rings. The van der Waals surface area contributed by atoms with Gasteiger partial charge >= 0.3 is 0 Å². The van der Waals surface area contributed by atoms with E-state index in [1.165, 1.54) is 12.1 Å². The zero-order chi connectivity index (χ0) is 12.3. The summed E-state index contributed by atoms with van der Waals surface area (Å²) >= 11 is 0. The van der Waals surface area contributed by atoms with Gasteiger partial charge in [0.2, 0.25) is 0 Å². The molecule has 2 atom stereocenters. The highest BCUT2D eigenvalue weighted by Gasteiger charge is 2.22. The summed E-state index contributed by atoms with van der Waals surface area (Å²) in [6.07, 6.45) is 4.14. The Balaban J connectivity index is 2.04. The van der Waals surface area contributed by atoms with Crippen molar-refractivity contribution in [3.05, 3.63) is 24.3 Å². The minimum absolute atomic E-state index is 0.202. The molecule has 0 radical (unpaired) electrons. The van der Waals surface area contributed by atoms with Gasteiger partial charge in [0.05, 0.1) is 12.1 Å². The first-order chi connectivity index (χ1) is 8.16. The largest absolute Gasteiger partial charge is 0.391 e. The Kier molecular flexibility index (Phi) is 3.89. The highest BCUT2D eigenvalue weighted by Crippen LogP contribution is 2.24. The van der Waals surface area contributed by atoms with Crippen molar-refractivity contribution in [2.75, 3.05) is 24.3 Å². The average Bonchev–Trinajstić information content (AvgIpc) is 2.32. The molecule has 1 aromatic carbocycles. The van der Waals surface area contributed by atoms with Gasteiger partial charge in [-0.1, -0.05) is 18.9 Å². The summed E-state index contributed by atoms with van der Waals surface area (Å²) in [6, 6.07) is 8.53. The van der Waals surface area contributed by atoms with Crippen LogP contribution in [-0.2, 0) is 0 Å². The van der Waals surface area contributed by atoms with Crippen molar-refractivity contribution in [1.29, 1.82) is 0 Å². The number of aliphatic hydroxyl groups excluding tert-OH is 1. The first kappa shape index (κ1) is 12.2. The topological polar surface area (TPSA) is 35.5 Å². The molecule has 1 saturated carbocycles. The first-order valence-electron chi connectivity index (χ1n) is 6.39. The molecule has 1 aliphatic rings. The van der Waals surface area contributed by atoms with Gasteiger partial charge < -0.3 is 15.3 Å². The van der Waals surface area contributed by atoms with E-state index in [0.717, 1.165) is 24.9 Å². The van der Waals surface area contributed by atoms with Crippen LogP contribution in [0.1, 0.15) is 25.7 Å². The zero-order valence-corrected chi connectivity index (χ0v) is 10.7. The van der Waals surface area contributed by atoms with E-state index in [2.05, 4.69) is 28.4 Å². The molecule has 0 amide bonds. The minimum atomic E-state index is -0.202. The Bertz CT molecular complexity index is 365. The van der Waals surface area contributed by atoms with Crippen LogP contribution in [0.5, 0.6) is 0 Å². The summed E-state index contributed by atoms with van der Waals surface area (Å²) in [7, 11) is 4.07. The second-order valence-electron chi connectivity index (χ2n) is 5.05. The lowest BCUT2D eigenvalue weighted by Gasteiger charge is -2.29. The first-order valence-corrected chi connectivity index (χ1v) is 6.39. The number of nitrogens with zero attached hydrogens (tertiary/aromatic N) is 1. The molecular formula is C14H22N2O. The molecular weight excluding hydrogens is 212 g/mol. The molecule has 3 nitrogen and oxygen atoms in total. The van der Waals surface area contributed by atoms with Gasteiger partial charge in [0.25, 0.3) is 0 Å². The highest BCUT2D eigenvalue weighted by atomic mass is 16.3. The van der Waals surface area contributed by atoms with E-state index in [9.17, 15) is 5.11 Å². The van der Waals surface area contributed by atoms with E-state index in [-0.39, 0.29) is 12.1 Å². The summed E-state index contributed by atoms with van der Waals surface area (Å²) in [5.74, 6) is 0. The lowest BCUT2D eigenvalue weighted by molar-refractivity contribution is 0.116. The molecule has 17 heavy (non-hydrogen) atoms. The summed E-state index contributed by atoms with van der Waals surface area (Å²) in [4.78, 5) is 2.09. The van der Waals surface area contributed by atoms with Crippen LogP contribution in [-0.4, -0.2) is 31.3 Å². The van der Waals surface area contributed by atoms with Gasteiger partial charge in [0, 0.05) is 25.5 Å². The van der Waals surface area contributed by atoms with Crippen LogP contribution in [0.2, 0.25) is 0 Å². The number of nitrogens with one attached hydrogen (secondary N) is 1. The van der Waals surface area contributed by atoms with Crippen LogP contribution < -0.4 is 10.2 Å². The van der Waals surface area contributed by atoms with E-state index < -0.39 is 0 Å². The van der Waals surface area contributed by atoms with Crippen LogP contribution in [0.15, 0.2) is 24.3 Å². The average molecular weight is 234 g/mol. The predicted molar refractivity (Wildman–Crippen MR) is 72.7 cm³/mol. The third kappa shape index (κ3) is 3.13. The Morgan fingerprint density at radius 1 is 1.24 bits per heavy atom. The monoisotopic (exact) mass is 234 g/mol. The van der Waals surface area contributed by atoms with Crippen molar-refractivity contribution in [2.24, 2.45) is 0 Å². The van der Waals surface area contributed by atoms with Gasteiger partial charge in [-0.05, 0) is 31.0 Å². The van der Waals surface area contributed by atoms with Crippen LogP contribution in [0.3, 0.4) is 0 Å². The van der Waals surface area contributed by atoms with E-state index in [4.69, 9.17) is 0 Å². The number of anilines is 2. The molecule has 2 rings (SSSR count). The van der Waals surface area contributed by atoms with Crippen molar-refractivity contribution < 1.29 is 5.11 Å². The SMILES string of the molecule is CN(C)c1cccc(N[C@@H]2CCCC[C@H]2O)c1. The lowest BCUT2D eigenvalue weighted by Crippen LogP contribution is -2.36. The summed E-state index contributed by atoms with van der Waals surface area (Å²) in [5.41, 5.74) is 2.28. The molecule has 0 bridgehead atoms. The maximum atomic E-state index is 9.94. The lowest BCUT2D eigenvalue weighted by atomic mass is 9.92. The number of hydrogen-bond acceptors (Lipinski definition) is 3. The predicted octanol–water partition coefficient (Wildman–Crippen LogP) is 2.47. The molecule has 1 aromatic rings. The zero-order valence-electron chi connectivity index (χ0n) is 10.7. The van der Waals surface area contributed by atoms with Gasteiger partial charge in [-0.2, -0.15) is 0 Å². The maximum absolute atomic E-state index is 9.94. The van der Waals surface area contributed by atoms with Gasteiger partial charge in [-0.15, -0.1) is 0 Å². The fourth-order valence-electron chi connectivity index (χ4n) is 2.37. The second-order valence-corrected chi connectivity index (χ2v) is 5.05. The van der Waals surface area contributed by atoms with Crippen molar-refractivity contribution in [3.63, 3.8) is 0 Å². The number of benzene rings is 1. The molecule has 0 unspecified atom stereocenters. The van der Waals surface area contributed by atoms with E-state index >= 15 is 0 Å². The molecule has 1 aliphatic carbocycles. The molecule has 0 saturated heterocycles. The second kappa shape index (κ2) is 5.41. The molecule has 0 aromatic heterocycles. The van der Waals surface area contributed by atoms with E-state index in [1.807, 2.05) is 20.2 Å². The molecule has 0 heterocycles. The Morgan fingerprint density at radius 2 is 2.00 bits per heavy atom. The van der Waals surface area contributed by atoms with Gasteiger partial charge in [-0.25, -0.2) is 0 Å². The van der Waals surface area contributed by atoms with Crippen LogP contribution >= 0.6 is 0 Å². The maximum Gasteiger partial charge on any atom is 0.0741 e.